The van der Waals surface area contributed by atoms with Crippen molar-refractivity contribution >= 4 is 34.7 Å². The quantitative estimate of drug-likeness (QED) is 0.531. The van der Waals surface area contributed by atoms with Gasteiger partial charge in [0.1, 0.15) is 18.2 Å². The largest absolute Gasteiger partial charge is 0.487 e. The lowest BCUT2D eigenvalue weighted by molar-refractivity contribution is 0.270. The molecule has 1 aromatic heterocycles. The van der Waals surface area contributed by atoms with E-state index in [0.29, 0.717) is 22.2 Å². The second-order valence-corrected chi connectivity index (χ2v) is 5.74. The Balaban J connectivity index is 1.76. The van der Waals surface area contributed by atoms with Gasteiger partial charge in [-0.3, -0.25) is 0 Å². The van der Waals surface area contributed by atoms with Crippen LogP contribution >= 0.6 is 23.2 Å². The third-order valence-electron chi connectivity index (χ3n) is 3.14. The minimum absolute atomic E-state index is 0.0404. The van der Waals surface area contributed by atoms with E-state index < -0.39 is 5.82 Å². The summed E-state index contributed by atoms with van der Waals surface area (Å²) < 4.78 is 23.5. The van der Waals surface area contributed by atoms with Gasteiger partial charge in [-0.25, -0.2) is 14.0 Å². The summed E-state index contributed by atoms with van der Waals surface area (Å²) in [7, 11) is 0. The number of amidine groups is 1. The van der Waals surface area contributed by atoms with Crippen LogP contribution in [0.4, 0.5) is 10.1 Å². The number of benzene rings is 2. The Hall–Kier alpha value is -2.64. The predicted octanol–water partition coefficient (Wildman–Crippen LogP) is 4.13. The Kier molecular flexibility index (Phi) is 5.16. The molecule has 0 saturated heterocycles. The SMILES string of the molecule is NC(=Nc1ccc(F)c(Cl)c1)c1nonc1COc1ccc(Cl)cc1. The minimum Gasteiger partial charge on any atom is -0.487 e. The highest BCUT2D eigenvalue weighted by atomic mass is 35.5. The first kappa shape index (κ1) is 17.2. The molecule has 3 aromatic rings. The number of aromatic nitrogens is 2. The van der Waals surface area contributed by atoms with Gasteiger partial charge in [-0.05, 0) is 47.6 Å². The average molecular weight is 381 g/mol. The molecule has 0 spiro atoms. The fourth-order valence-corrected chi connectivity index (χ4v) is 2.23. The second kappa shape index (κ2) is 7.50. The maximum atomic E-state index is 13.2. The van der Waals surface area contributed by atoms with Crippen LogP contribution in [0.15, 0.2) is 52.1 Å². The van der Waals surface area contributed by atoms with Crippen molar-refractivity contribution in [3.63, 3.8) is 0 Å². The van der Waals surface area contributed by atoms with Crippen molar-refractivity contribution in [2.24, 2.45) is 10.7 Å². The first-order valence-electron chi connectivity index (χ1n) is 7.02. The monoisotopic (exact) mass is 380 g/mol. The number of aliphatic imine (C=N–C) groups is 1. The van der Waals surface area contributed by atoms with Crippen molar-refractivity contribution in [3.8, 4) is 5.75 Å². The maximum absolute atomic E-state index is 13.2. The average Bonchev–Trinajstić information content (AvgIpc) is 3.06. The molecular formula is C16H11Cl2FN4O2. The molecule has 9 heteroatoms. The van der Waals surface area contributed by atoms with E-state index in [9.17, 15) is 4.39 Å². The smallest absolute Gasteiger partial charge is 0.176 e. The second-order valence-electron chi connectivity index (χ2n) is 4.90. The summed E-state index contributed by atoms with van der Waals surface area (Å²) in [6.07, 6.45) is 0. The summed E-state index contributed by atoms with van der Waals surface area (Å²) in [4.78, 5) is 4.14. The third kappa shape index (κ3) is 4.26. The van der Waals surface area contributed by atoms with Crippen LogP contribution in [-0.2, 0) is 6.61 Å². The first-order chi connectivity index (χ1) is 12.0. The zero-order chi connectivity index (χ0) is 17.8. The van der Waals surface area contributed by atoms with Crippen molar-refractivity contribution in [1.29, 1.82) is 0 Å². The zero-order valence-corrected chi connectivity index (χ0v) is 14.1. The number of hydrogen-bond donors (Lipinski definition) is 1. The molecule has 0 aliphatic heterocycles. The molecule has 1 heterocycles. The Morgan fingerprint density at radius 3 is 2.64 bits per heavy atom. The fourth-order valence-electron chi connectivity index (χ4n) is 1.92. The summed E-state index contributed by atoms with van der Waals surface area (Å²) in [5.41, 5.74) is 6.89. The Labute approximate surface area is 152 Å². The van der Waals surface area contributed by atoms with Crippen molar-refractivity contribution < 1.29 is 13.8 Å². The zero-order valence-electron chi connectivity index (χ0n) is 12.6. The molecular weight excluding hydrogens is 370 g/mol. The van der Waals surface area contributed by atoms with Crippen LogP contribution in [0.5, 0.6) is 5.75 Å². The molecule has 0 amide bonds. The molecule has 2 aromatic carbocycles. The molecule has 0 bridgehead atoms. The summed E-state index contributed by atoms with van der Waals surface area (Å²) >= 11 is 11.5. The van der Waals surface area contributed by atoms with E-state index in [4.69, 9.17) is 38.3 Å². The lowest BCUT2D eigenvalue weighted by atomic mass is 10.3. The molecule has 0 saturated carbocycles. The van der Waals surface area contributed by atoms with Crippen LogP contribution in [0, 0.1) is 5.82 Å². The fraction of sp³-hybridized carbons (Fsp3) is 0.0625. The maximum Gasteiger partial charge on any atom is 0.176 e. The van der Waals surface area contributed by atoms with E-state index in [-0.39, 0.29) is 23.2 Å². The van der Waals surface area contributed by atoms with Crippen LogP contribution in [0.1, 0.15) is 11.4 Å². The molecule has 128 valence electrons. The standard InChI is InChI=1S/C16H11Cl2FN4O2/c17-9-1-4-11(5-2-9)24-8-14-15(23-25-22-14)16(20)21-10-3-6-13(19)12(18)7-10/h1-7H,8H2,(H2,20,21). The van der Waals surface area contributed by atoms with Gasteiger partial charge in [-0.15, -0.1) is 0 Å². The molecule has 6 nitrogen and oxygen atoms in total. The topological polar surface area (TPSA) is 86.5 Å². The Bertz CT molecular complexity index is 913. The van der Waals surface area contributed by atoms with Gasteiger partial charge in [0.05, 0.1) is 10.7 Å². The highest BCUT2D eigenvalue weighted by molar-refractivity contribution is 6.31. The first-order valence-corrected chi connectivity index (χ1v) is 7.78. The summed E-state index contributed by atoms with van der Waals surface area (Å²) in [5.74, 6) is 0.0946. The van der Waals surface area contributed by atoms with Gasteiger partial charge in [0.2, 0.25) is 0 Å². The molecule has 0 fully saturated rings. The lowest BCUT2D eigenvalue weighted by Gasteiger charge is -2.05. The molecule has 25 heavy (non-hydrogen) atoms. The van der Waals surface area contributed by atoms with Crippen molar-refractivity contribution in [2.45, 2.75) is 6.61 Å². The Morgan fingerprint density at radius 2 is 1.92 bits per heavy atom. The van der Waals surface area contributed by atoms with Crippen molar-refractivity contribution in [2.75, 3.05) is 0 Å². The number of halogens is 3. The van der Waals surface area contributed by atoms with Crippen LogP contribution < -0.4 is 10.5 Å². The van der Waals surface area contributed by atoms with E-state index in [0.717, 1.165) is 0 Å². The van der Waals surface area contributed by atoms with Crippen LogP contribution in [-0.4, -0.2) is 16.1 Å². The van der Waals surface area contributed by atoms with Gasteiger partial charge in [0.15, 0.2) is 17.2 Å². The number of nitrogens with zero attached hydrogens (tertiary/aromatic N) is 3. The molecule has 0 radical (unpaired) electrons. The summed E-state index contributed by atoms with van der Waals surface area (Å²) in [6, 6.07) is 10.8. The van der Waals surface area contributed by atoms with Gasteiger partial charge in [0.25, 0.3) is 0 Å². The highest BCUT2D eigenvalue weighted by Gasteiger charge is 2.15. The number of rotatable bonds is 5. The highest BCUT2D eigenvalue weighted by Crippen LogP contribution is 2.22. The number of nitrogens with two attached hydrogens (primary N) is 1. The number of ether oxygens (including phenoxy) is 1. The van der Waals surface area contributed by atoms with Gasteiger partial charge >= 0.3 is 0 Å². The van der Waals surface area contributed by atoms with Gasteiger partial charge in [-0.2, -0.15) is 0 Å². The minimum atomic E-state index is -0.542. The van der Waals surface area contributed by atoms with E-state index in [1.54, 1.807) is 24.3 Å². The number of hydrogen-bond acceptors (Lipinski definition) is 5. The van der Waals surface area contributed by atoms with Gasteiger partial charge < -0.3 is 10.5 Å². The molecule has 0 aliphatic carbocycles. The van der Waals surface area contributed by atoms with E-state index in [1.807, 2.05) is 0 Å². The molecule has 2 N–H and O–H groups in total. The van der Waals surface area contributed by atoms with Gasteiger partial charge in [-0.1, -0.05) is 28.4 Å². The Morgan fingerprint density at radius 1 is 1.16 bits per heavy atom. The van der Waals surface area contributed by atoms with E-state index >= 15 is 0 Å². The van der Waals surface area contributed by atoms with Crippen LogP contribution in [0.25, 0.3) is 0 Å². The molecule has 0 unspecified atom stereocenters. The third-order valence-corrected chi connectivity index (χ3v) is 3.68. The normalized spacial score (nSPS) is 11.6. The summed E-state index contributed by atoms with van der Waals surface area (Å²) in [6.45, 7) is 0.0703. The van der Waals surface area contributed by atoms with Crippen LogP contribution in [0.2, 0.25) is 10.0 Å². The molecule has 3 rings (SSSR count). The van der Waals surface area contributed by atoms with E-state index in [2.05, 4.69) is 15.3 Å². The molecule has 0 aliphatic rings. The van der Waals surface area contributed by atoms with Crippen LogP contribution in [0.3, 0.4) is 0 Å². The summed E-state index contributed by atoms with van der Waals surface area (Å²) in [5, 5.41) is 8.03. The van der Waals surface area contributed by atoms with Gasteiger partial charge in [0, 0.05) is 5.02 Å². The van der Waals surface area contributed by atoms with E-state index in [1.165, 1.54) is 18.2 Å². The predicted molar refractivity (Wildman–Crippen MR) is 91.9 cm³/mol. The van der Waals surface area contributed by atoms with Crippen molar-refractivity contribution in [3.05, 3.63) is 69.7 Å². The molecule has 0 atom stereocenters. The van der Waals surface area contributed by atoms with Crippen molar-refractivity contribution in [1.82, 2.24) is 10.3 Å². The lowest BCUT2D eigenvalue weighted by Crippen LogP contribution is -2.16.